The summed E-state index contributed by atoms with van der Waals surface area (Å²) in [6.07, 6.45) is 1.15. The highest BCUT2D eigenvalue weighted by Crippen LogP contribution is 2.11. The SMILES string of the molecule is CC(=O)c1ccc2[nH]cc(C(=O)O)c(=O)c2c1. The maximum Gasteiger partial charge on any atom is 0.341 e. The minimum Gasteiger partial charge on any atom is -0.477 e. The van der Waals surface area contributed by atoms with Gasteiger partial charge in [0.15, 0.2) is 5.78 Å². The van der Waals surface area contributed by atoms with Crippen molar-refractivity contribution in [1.82, 2.24) is 4.98 Å². The van der Waals surface area contributed by atoms with E-state index in [9.17, 15) is 14.4 Å². The Balaban J connectivity index is 2.83. The number of benzene rings is 1. The molecule has 0 saturated carbocycles. The number of H-pyrrole nitrogens is 1. The molecule has 0 aliphatic rings. The van der Waals surface area contributed by atoms with Crippen LogP contribution < -0.4 is 5.43 Å². The van der Waals surface area contributed by atoms with Crippen molar-refractivity contribution in [3.05, 3.63) is 45.7 Å². The molecule has 0 atom stereocenters. The number of hydrogen-bond acceptors (Lipinski definition) is 3. The second-order valence-corrected chi connectivity index (χ2v) is 3.65. The van der Waals surface area contributed by atoms with Gasteiger partial charge in [-0.3, -0.25) is 9.59 Å². The molecule has 0 unspecified atom stereocenters. The second-order valence-electron chi connectivity index (χ2n) is 3.65. The highest BCUT2D eigenvalue weighted by Gasteiger charge is 2.12. The van der Waals surface area contributed by atoms with Gasteiger partial charge in [0.1, 0.15) is 5.56 Å². The van der Waals surface area contributed by atoms with Crippen molar-refractivity contribution < 1.29 is 14.7 Å². The molecular weight excluding hydrogens is 222 g/mol. The van der Waals surface area contributed by atoms with Crippen molar-refractivity contribution in [1.29, 1.82) is 0 Å². The van der Waals surface area contributed by atoms with Crippen LogP contribution in [0.5, 0.6) is 0 Å². The van der Waals surface area contributed by atoms with Crippen LogP contribution in [0.1, 0.15) is 27.6 Å². The van der Waals surface area contributed by atoms with Gasteiger partial charge in [0, 0.05) is 22.7 Å². The Labute approximate surface area is 95.7 Å². The first-order valence-corrected chi connectivity index (χ1v) is 4.90. The monoisotopic (exact) mass is 231 g/mol. The predicted octanol–water partition coefficient (Wildman–Crippen LogP) is 1.43. The highest BCUT2D eigenvalue weighted by molar-refractivity contribution is 5.99. The lowest BCUT2D eigenvalue weighted by atomic mass is 10.1. The average molecular weight is 231 g/mol. The minimum atomic E-state index is -1.29. The molecule has 0 aliphatic heterocycles. The molecule has 1 aromatic carbocycles. The van der Waals surface area contributed by atoms with Crippen LogP contribution in [0.15, 0.2) is 29.2 Å². The lowest BCUT2D eigenvalue weighted by Crippen LogP contribution is -2.15. The van der Waals surface area contributed by atoms with Crippen molar-refractivity contribution in [3.8, 4) is 0 Å². The number of aromatic amines is 1. The summed E-state index contributed by atoms with van der Waals surface area (Å²) in [7, 11) is 0. The van der Waals surface area contributed by atoms with Gasteiger partial charge in [-0.25, -0.2) is 4.79 Å². The van der Waals surface area contributed by atoms with E-state index in [1.54, 1.807) is 12.1 Å². The number of aromatic carboxylic acids is 1. The van der Waals surface area contributed by atoms with Crippen LogP contribution in [-0.2, 0) is 0 Å². The standard InChI is InChI=1S/C12H9NO4/c1-6(14)7-2-3-10-8(4-7)11(15)9(5-13-10)12(16)17/h2-5H,1H3,(H,13,15)(H,16,17). The Bertz CT molecular complexity index is 679. The molecule has 1 heterocycles. The van der Waals surface area contributed by atoms with Crippen LogP contribution in [0, 0.1) is 0 Å². The molecule has 2 N–H and O–H groups in total. The Morgan fingerprint density at radius 2 is 2.00 bits per heavy atom. The first-order chi connectivity index (χ1) is 8.00. The Morgan fingerprint density at radius 1 is 1.29 bits per heavy atom. The average Bonchev–Trinajstić information content (AvgIpc) is 2.28. The van der Waals surface area contributed by atoms with Gasteiger partial charge in [-0.15, -0.1) is 0 Å². The van der Waals surface area contributed by atoms with Crippen LogP contribution in [0.4, 0.5) is 0 Å². The van der Waals surface area contributed by atoms with Crippen molar-refractivity contribution in [3.63, 3.8) is 0 Å². The number of carbonyl (C=O) groups is 2. The van der Waals surface area contributed by atoms with Crippen molar-refractivity contribution in [2.45, 2.75) is 6.92 Å². The van der Waals surface area contributed by atoms with E-state index >= 15 is 0 Å². The number of hydrogen-bond donors (Lipinski definition) is 2. The molecule has 5 nitrogen and oxygen atoms in total. The quantitative estimate of drug-likeness (QED) is 0.765. The van der Waals surface area contributed by atoms with E-state index in [1.165, 1.54) is 13.0 Å². The zero-order valence-corrected chi connectivity index (χ0v) is 8.98. The number of nitrogens with one attached hydrogen (secondary N) is 1. The molecule has 86 valence electrons. The van der Waals surface area contributed by atoms with E-state index in [0.717, 1.165) is 6.20 Å². The lowest BCUT2D eigenvalue weighted by molar-refractivity contribution is 0.0695. The van der Waals surface area contributed by atoms with Gasteiger partial charge in [0.05, 0.1) is 0 Å². The molecule has 0 fully saturated rings. The Hall–Kier alpha value is -2.43. The largest absolute Gasteiger partial charge is 0.477 e. The van der Waals surface area contributed by atoms with Crippen LogP contribution in [0.25, 0.3) is 10.9 Å². The first kappa shape index (κ1) is 11.1. The molecule has 5 heteroatoms. The number of carboxylic acids is 1. The van der Waals surface area contributed by atoms with Crippen LogP contribution in [0.3, 0.4) is 0 Å². The van der Waals surface area contributed by atoms with Gasteiger partial charge in [0.2, 0.25) is 5.43 Å². The second kappa shape index (κ2) is 3.86. The summed E-state index contributed by atoms with van der Waals surface area (Å²) in [5, 5.41) is 9.02. The third kappa shape index (κ3) is 1.82. The topological polar surface area (TPSA) is 87.2 Å². The maximum atomic E-state index is 11.8. The maximum absolute atomic E-state index is 11.8. The van der Waals surface area contributed by atoms with E-state index in [-0.39, 0.29) is 16.7 Å². The minimum absolute atomic E-state index is 0.174. The van der Waals surface area contributed by atoms with Crippen molar-refractivity contribution in [2.75, 3.05) is 0 Å². The number of rotatable bonds is 2. The van der Waals surface area contributed by atoms with E-state index in [2.05, 4.69) is 4.98 Å². The van der Waals surface area contributed by atoms with E-state index in [0.29, 0.717) is 11.1 Å². The van der Waals surface area contributed by atoms with Crippen molar-refractivity contribution >= 4 is 22.7 Å². The van der Waals surface area contributed by atoms with Crippen LogP contribution >= 0.6 is 0 Å². The Morgan fingerprint density at radius 3 is 2.59 bits per heavy atom. The number of carboxylic acid groups (broad SMARTS) is 1. The van der Waals surface area contributed by atoms with Gasteiger partial charge in [-0.05, 0) is 25.1 Å². The molecule has 0 saturated heterocycles. The normalized spacial score (nSPS) is 10.4. The van der Waals surface area contributed by atoms with Crippen molar-refractivity contribution in [2.24, 2.45) is 0 Å². The summed E-state index contributed by atoms with van der Waals surface area (Å²) < 4.78 is 0. The van der Waals surface area contributed by atoms with Gasteiger partial charge >= 0.3 is 5.97 Å². The van der Waals surface area contributed by atoms with Gasteiger partial charge in [-0.1, -0.05) is 0 Å². The van der Waals surface area contributed by atoms with Gasteiger partial charge in [0.25, 0.3) is 0 Å². The molecule has 0 radical (unpaired) electrons. The zero-order valence-electron chi connectivity index (χ0n) is 8.98. The molecule has 0 spiro atoms. The lowest BCUT2D eigenvalue weighted by Gasteiger charge is -2.01. The number of fused-ring (bicyclic) bond motifs is 1. The summed E-state index contributed by atoms with van der Waals surface area (Å²) >= 11 is 0. The summed E-state index contributed by atoms with van der Waals surface area (Å²) in [5.41, 5.74) is -0.0388. The molecule has 2 rings (SSSR count). The zero-order chi connectivity index (χ0) is 12.6. The molecule has 17 heavy (non-hydrogen) atoms. The number of carbonyl (C=O) groups excluding carboxylic acids is 1. The summed E-state index contributed by atoms with van der Waals surface area (Å²) in [4.78, 5) is 36.5. The van der Waals surface area contributed by atoms with Crippen LogP contribution in [-0.4, -0.2) is 21.8 Å². The summed E-state index contributed by atoms with van der Waals surface area (Å²) in [6.45, 7) is 1.39. The van der Waals surface area contributed by atoms with E-state index in [1.807, 2.05) is 0 Å². The van der Waals surface area contributed by atoms with E-state index in [4.69, 9.17) is 5.11 Å². The van der Waals surface area contributed by atoms with E-state index < -0.39 is 11.4 Å². The number of ketones is 1. The molecule has 1 aromatic heterocycles. The number of Topliss-reactive ketones (excluding diaryl/α,β-unsaturated/α-hetero) is 1. The smallest absolute Gasteiger partial charge is 0.341 e. The van der Waals surface area contributed by atoms with Gasteiger partial charge in [-0.2, -0.15) is 0 Å². The molecule has 0 aliphatic carbocycles. The van der Waals surface area contributed by atoms with Gasteiger partial charge < -0.3 is 10.1 Å². The summed E-state index contributed by atoms with van der Waals surface area (Å²) in [6, 6.07) is 4.57. The highest BCUT2D eigenvalue weighted by atomic mass is 16.4. The third-order valence-electron chi connectivity index (χ3n) is 2.52. The number of pyridine rings is 1. The molecule has 0 bridgehead atoms. The molecule has 0 amide bonds. The number of aromatic nitrogens is 1. The fourth-order valence-corrected chi connectivity index (χ4v) is 1.60. The van der Waals surface area contributed by atoms with Crippen LogP contribution in [0.2, 0.25) is 0 Å². The molecule has 2 aromatic rings. The summed E-state index contributed by atoms with van der Waals surface area (Å²) in [5.74, 6) is -1.46. The Kier molecular flexibility index (Phi) is 2.51. The molecular formula is C12H9NO4. The first-order valence-electron chi connectivity index (χ1n) is 4.90. The fourth-order valence-electron chi connectivity index (χ4n) is 1.60. The predicted molar refractivity (Wildman–Crippen MR) is 61.5 cm³/mol. The fraction of sp³-hybridized carbons (Fsp3) is 0.0833. The third-order valence-corrected chi connectivity index (χ3v) is 2.52.